The molecule has 0 aromatic heterocycles. The normalized spacial score (nSPS) is 10.5. The highest BCUT2D eigenvalue weighted by molar-refractivity contribution is 6.13. The molecule has 0 spiro atoms. The van der Waals surface area contributed by atoms with Crippen molar-refractivity contribution in [1.29, 1.82) is 5.41 Å². The second kappa shape index (κ2) is 13.8. The van der Waals surface area contributed by atoms with Crippen LogP contribution in [0.3, 0.4) is 0 Å². The summed E-state index contributed by atoms with van der Waals surface area (Å²) in [4.78, 5) is 40.6. The van der Waals surface area contributed by atoms with Crippen LogP contribution in [0.1, 0.15) is 47.8 Å². The van der Waals surface area contributed by atoms with Crippen molar-refractivity contribution < 1.29 is 23.9 Å². The SMILES string of the molecule is N=C(N)c1ccc(NC(=O)c2ccccc2-c2cccc(C(=O)OCc3ccccc3)c2C(=O)OCc2ccccc2)cc1. The molecular formula is C36H29N3O5. The number of anilines is 1. The lowest BCUT2D eigenvalue weighted by Gasteiger charge is -2.17. The van der Waals surface area contributed by atoms with Crippen molar-refractivity contribution >= 4 is 29.4 Å². The smallest absolute Gasteiger partial charge is 0.339 e. The molecule has 0 radical (unpaired) electrons. The molecule has 0 unspecified atom stereocenters. The first-order valence-electron chi connectivity index (χ1n) is 13.8. The maximum atomic E-state index is 13.7. The number of carbonyl (C=O) groups excluding carboxylic acids is 3. The summed E-state index contributed by atoms with van der Waals surface area (Å²) in [5, 5.41) is 10.4. The molecular weight excluding hydrogens is 554 g/mol. The van der Waals surface area contributed by atoms with Crippen molar-refractivity contribution in [2.24, 2.45) is 5.73 Å². The molecule has 0 fully saturated rings. The first-order valence-corrected chi connectivity index (χ1v) is 13.8. The number of benzene rings is 5. The van der Waals surface area contributed by atoms with E-state index in [1.807, 2.05) is 60.7 Å². The molecule has 8 nitrogen and oxygen atoms in total. The molecule has 0 atom stereocenters. The Morgan fingerprint density at radius 1 is 0.591 bits per heavy atom. The molecule has 5 rings (SSSR count). The Morgan fingerprint density at radius 2 is 1.11 bits per heavy atom. The molecule has 0 saturated carbocycles. The Balaban J connectivity index is 1.50. The summed E-state index contributed by atoms with van der Waals surface area (Å²) in [6, 6.07) is 36.6. The number of rotatable bonds is 10. The van der Waals surface area contributed by atoms with Crippen molar-refractivity contribution in [3.05, 3.63) is 161 Å². The quantitative estimate of drug-likeness (QED) is 0.0964. The second-order valence-corrected chi connectivity index (χ2v) is 9.84. The Labute approximate surface area is 254 Å². The number of carbonyl (C=O) groups is 3. The van der Waals surface area contributed by atoms with Crippen LogP contribution in [-0.2, 0) is 22.7 Å². The Morgan fingerprint density at radius 3 is 1.73 bits per heavy atom. The zero-order valence-corrected chi connectivity index (χ0v) is 23.7. The fraction of sp³-hybridized carbons (Fsp3) is 0.0556. The van der Waals surface area contributed by atoms with Gasteiger partial charge in [-0.25, -0.2) is 9.59 Å². The van der Waals surface area contributed by atoms with Crippen LogP contribution in [0.4, 0.5) is 5.69 Å². The van der Waals surface area contributed by atoms with E-state index < -0.39 is 17.8 Å². The number of amides is 1. The highest BCUT2D eigenvalue weighted by Crippen LogP contribution is 2.31. The minimum atomic E-state index is -0.730. The van der Waals surface area contributed by atoms with E-state index in [1.165, 1.54) is 6.07 Å². The fourth-order valence-corrected chi connectivity index (χ4v) is 4.61. The minimum absolute atomic E-state index is 0.00689. The van der Waals surface area contributed by atoms with Gasteiger partial charge < -0.3 is 20.5 Å². The number of ether oxygens (including phenoxy) is 2. The van der Waals surface area contributed by atoms with Crippen LogP contribution in [0, 0.1) is 5.41 Å². The van der Waals surface area contributed by atoms with E-state index in [-0.39, 0.29) is 35.7 Å². The minimum Gasteiger partial charge on any atom is -0.457 e. The van der Waals surface area contributed by atoms with Gasteiger partial charge in [0.15, 0.2) is 0 Å². The molecule has 8 heteroatoms. The van der Waals surface area contributed by atoms with Crippen molar-refractivity contribution in [1.82, 2.24) is 0 Å². The second-order valence-electron chi connectivity index (χ2n) is 9.84. The number of nitrogens with one attached hydrogen (secondary N) is 2. The third-order valence-electron chi connectivity index (χ3n) is 6.83. The number of esters is 2. The lowest BCUT2D eigenvalue weighted by molar-refractivity contribution is 0.0426. The molecule has 1 amide bonds. The van der Waals surface area contributed by atoms with Gasteiger partial charge in [0.25, 0.3) is 5.91 Å². The lowest BCUT2D eigenvalue weighted by Crippen LogP contribution is -2.17. The molecule has 0 aliphatic rings. The fourth-order valence-electron chi connectivity index (χ4n) is 4.61. The Bertz CT molecular complexity index is 1800. The van der Waals surface area contributed by atoms with E-state index in [9.17, 15) is 14.4 Å². The number of nitrogen functional groups attached to an aromatic ring is 1. The van der Waals surface area contributed by atoms with E-state index in [2.05, 4.69) is 5.32 Å². The predicted molar refractivity (Wildman–Crippen MR) is 168 cm³/mol. The summed E-state index contributed by atoms with van der Waals surface area (Å²) in [5.74, 6) is -1.94. The molecule has 218 valence electrons. The van der Waals surface area contributed by atoms with Crippen LogP contribution in [0.25, 0.3) is 11.1 Å². The molecule has 0 bridgehead atoms. The maximum Gasteiger partial charge on any atom is 0.339 e. The topological polar surface area (TPSA) is 132 Å². The number of amidine groups is 1. The van der Waals surface area contributed by atoms with Crippen LogP contribution < -0.4 is 11.1 Å². The lowest BCUT2D eigenvalue weighted by atomic mass is 9.92. The average molecular weight is 584 g/mol. The largest absolute Gasteiger partial charge is 0.457 e. The van der Waals surface area contributed by atoms with Gasteiger partial charge in [-0.2, -0.15) is 0 Å². The summed E-state index contributed by atoms with van der Waals surface area (Å²) in [6.45, 7) is 0.00865. The van der Waals surface area contributed by atoms with Gasteiger partial charge in [-0.3, -0.25) is 10.2 Å². The summed E-state index contributed by atoms with van der Waals surface area (Å²) >= 11 is 0. The summed E-state index contributed by atoms with van der Waals surface area (Å²) < 4.78 is 11.3. The molecule has 5 aromatic rings. The van der Waals surface area contributed by atoms with E-state index in [1.54, 1.807) is 60.7 Å². The van der Waals surface area contributed by atoms with Crippen molar-refractivity contribution in [2.45, 2.75) is 13.2 Å². The van der Waals surface area contributed by atoms with Crippen molar-refractivity contribution in [2.75, 3.05) is 5.32 Å². The van der Waals surface area contributed by atoms with Gasteiger partial charge in [0.1, 0.15) is 19.0 Å². The van der Waals surface area contributed by atoms with Crippen molar-refractivity contribution in [3.8, 4) is 11.1 Å². The first kappa shape index (κ1) is 29.5. The Kier molecular flexibility index (Phi) is 9.22. The van der Waals surface area contributed by atoms with Crippen LogP contribution in [-0.4, -0.2) is 23.7 Å². The zero-order valence-electron chi connectivity index (χ0n) is 23.7. The van der Waals surface area contributed by atoms with Gasteiger partial charge in [0.2, 0.25) is 0 Å². The average Bonchev–Trinajstić information content (AvgIpc) is 3.07. The van der Waals surface area contributed by atoms with Gasteiger partial charge in [0.05, 0.1) is 11.1 Å². The molecule has 0 heterocycles. The highest BCUT2D eigenvalue weighted by atomic mass is 16.5. The standard InChI is InChI=1S/C36H29N3O5/c37-33(38)26-18-20-27(21-19-26)39-34(40)30-15-8-7-14-28(30)29-16-9-17-31(35(41)43-22-24-10-3-1-4-11-24)32(29)36(42)44-23-25-12-5-2-6-13-25/h1-21H,22-23H2,(H3,37,38)(H,39,40). The van der Waals surface area contributed by atoms with E-state index in [4.69, 9.17) is 20.6 Å². The van der Waals surface area contributed by atoms with E-state index in [0.717, 1.165) is 11.1 Å². The summed E-state index contributed by atoms with van der Waals surface area (Å²) in [6.07, 6.45) is 0. The zero-order chi connectivity index (χ0) is 30.9. The summed E-state index contributed by atoms with van der Waals surface area (Å²) in [7, 11) is 0. The van der Waals surface area contributed by atoms with E-state index in [0.29, 0.717) is 22.4 Å². The van der Waals surface area contributed by atoms with Gasteiger partial charge in [-0.1, -0.05) is 91.0 Å². The highest BCUT2D eigenvalue weighted by Gasteiger charge is 2.26. The predicted octanol–water partition coefficient (Wildman–Crippen LogP) is 6.60. The third-order valence-corrected chi connectivity index (χ3v) is 6.83. The van der Waals surface area contributed by atoms with Crippen LogP contribution in [0.15, 0.2) is 127 Å². The van der Waals surface area contributed by atoms with Crippen LogP contribution in [0.2, 0.25) is 0 Å². The molecule has 44 heavy (non-hydrogen) atoms. The molecule has 5 aromatic carbocycles. The molecule has 4 N–H and O–H groups in total. The van der Waals surface area contributed by atoms with Gasteiger partial charge in [-0.05, 0) is 58.7 Å². The van der Waals surface area contributed by atoms with Gasteiger partial charge in [0, 0.05) is 16.8 Å². The summed E-state index contributed by atoms with van der Waals surface area (Å²) in [5.41, 5.74) is 9.19. The van der Waals surface area contributed by atoms with Crippen molar-refractivity contribution in [3.63, 3.8) is 0 Å². The number of nitrogens with two attached hydrogens (primary N) is 1. The number of hydrogen-bond acceptors (Lipinski definition) is 6. The van der Waals surface area contributed by atoms with Crippen LogP contribution >= 0.6 is 0 Å². The van der Waals surface area contributed by atoms with Crippen LogP contribution in [0.5, 0.6) is 0 Å². The van der Waals surface area contributed by atoms with E-state index >= 15 is 0 Å². The third kappa shape index (κ3) is 7.06. The Hall–Kier alpha value is -6.02. The van der Waals surface area contributed by atoms with Gasteiger partial charge >= 0.3 is 11.9 Å². The molecule has 0 saturated heterocycles. The van der Waals surface area contributed by atoms with Gasteiger partial charge in [-0.15, -0.1) is 0 Å². The molecule has 0 aliphatic heterocycles. The first-order chi connectivity index (χ1) is 21.4. The number of hydrogen-bond donors (Lipinski definition) is 3. The monoisotopic (exact) mass is 583 g/mol. The maximum absolute atomic E-state index is 13.7. The molecule has 0 aliphatic carbocycles.